The van der Waals surface area contributed by atoms with Crippen molar-refractivity contribution in [1.29, 1.82) is 0 Å². The minimum atomic E-state index is 0.0804. The Kier molecular flexibility index (Phi) is 13.9. The Bertz CT molecular complexity index is 1210. The van der Waals surface area contributed by atoms with Crippen molar-refractivity contribution < 1.29 is 0 Å². The number of thiophene rings is 1. The topological polar surface area (TPSA) is 27.3 Å². The van der Waals surface area contributed by atoms with E-state index in [4.69, 9.17) is 0 Å². The molecule has 0 amide bonds. The summed E-state index contributed by atoms with van der Waals surface area (Å²) in [6.07, 6.45) is 12.2. The highest BCUT2D eigenvalue weighted by Gasteiger charge is 2.32. The van der Waals surface area contributed by atoms with Crippen LogP contribution >= 0.6 is 27.3 Å². The van der Waals surface area contributed by atoms with Gasteiger partial charge < -0.3 is 10.6 Å². The smallest absolute Gasteiger partial charge is 0.0734 e. The number of nitrogens with one attached hydrogen (secondary N) is 2. The van der Waals surface area contributed by atoms with Crippen LogP contribution in [-0.2, 0) is 5.54 Å². The van der Waals surface area contributed by atoms with Crippen LogP contribution in [0.3, 0.4) is 0 Å². The van der Waals surface area contributed by atoms with E-state index < -0.39 is 0 Å². The van der Waals surface area contributed by atoms with Gasteiger partial charge in [0.05, 0.1) is 16.3 Å². The number of halogens is 1. The van der Waals surface area contributed by atoms with Gasteiger partial charge >= 0.3 is 0 Å². The van der Waals surface area contributed by atoms with Gasteiger partial charge in [-0.15, -0.1) is 11.3 Å². The van der Waals surface area contributed by atoms with Crippen LogP contribution in [0.25, 0.3) is 11.4 Å². The maximum absolute atomic E-state index is 4.31. The van der Waals surface area contributed by atoms with E-state index in [2.05, 4.69) is 128 Å². The zero-order valence-electron chi connectivity index (χ0n) is 26.5. The second-order valence-electron chi connectivity index (χ2n) is 12.1. The van der Waals surface area contributed by atoms with Crippen LogP contribution in [-0.4, -0.2) is 18.0 Å². The largest absolute Gasteiger partial charge is 0.355 e. The summed E-state index contributed by atoms with van der Waals surface area (Å²) in [4.78, 5) is 3.70. The lowest BCUT2D eigenvalue weighted by molar-refractivity contribution is 0.0750. The van der Waals surface area contributed by atoms with E-state index in [0.29, 0.717) is 5.41 Å². The second-order valence-corrected chi connectivity index (χ2v) is 13.9. The zero-order chi connectivity index (χ0) is 30.6. The fourth-order valence-electron chi connectivity index (χ4n) is 4.47. The molecule has 3 nitrogen and oxygen atoms in total. The molecule has 0 aliphatic carbocycles. The fraction of sp³-hybridized carbons (Fsp3) is 0.444. The van der Waals surface area contributed by atoms with Gasteiger partial charge in [-0.05, 0) is 86.3 Å². The van der Waals surface area contributed by atoms with Gasteiger partial charge in [-0.3, -0.25) is 4.90 Å². The Morgan fingerprint density at radius 1 is 0.927 bits per heavy atom. The van der Waals surface area contributed by atoms with Crippen LogP contribution < -0.4 is 10.6 Å². The molecule has 1 saturated heterocycles. The van der Waals surface area contributed by atoms with Gasteiger partial charge in [-0.25, -0.2) is 0 Å². The molecule has 224 valence electrons. The van der Waals surface area contributed by atoms with Gasteiger partial charge in [0, 0.05) is 21.4 Å². The molecule has 1 aromatic heterocycles. The molecular weight excluding hydrogens is 586 g/mol. The van der Waals surface area contributed by atoms with E-state index >= 15 is 0 Å². The molecule has 1 fully saturated rings. The number of hydrogen-bond acceptors (Lipinski definition) is 4. The van der Waals surface area contributed by atoms with E-state index in [9.17, 15) is 0 Å². The van der Waals surface area contributed by atoms with Gasteiger partial charge in [-0.2, -0.15) is 0 Å². The lowest BCUT2D eigenvalue weighted by Gasteiger charge is -2.43. The maximum Gasteiger partial charge on any atom is 0.0734 e. The number of likely N-dealkylation sites (tertiary alicyclic amines) is 1. The van der Waals surface area contributed by atoms with Gasteiger partial charge in [0.15, 0.2) is 0 Å². The first-order valence-corrected chi connectivity index (χ1v) is 16.6. The summed E-state index contributed by atoms with van der Waals surface area (Å²) >= 11 is 5.11. The quantitative estimate of drug-likeness (QED) is 0.240. The average molecular weight is 639 g/mol. The van der Waals surface area contributed by atoms with Crippen molar-refractivity contribution in [2.24, 2.45) is 5.41 Å². The zero-order valence-corrected chi connectivity index (χ0v) is 28.9. The summed E-state index contributed by atoms with van der Waals surface area (Å²) in [6, 6.07) is 11.0. The molecule has 0 bridgehead atoms. The summed E-state index contributed by atoms with van der Waals surface area (Å²) in [5.74, 6) is 0. The van der Waals surface area contributed by atoms with Crippen LogP contribution in [0.5, 0.6) is 0 Å². The van der Waals surface area contributed by atoms with E-state index in [1.807, 2.05) is 25.2 Å². The van der Waals surface area contributed by atoms with Gasteiger partial charge in [0.2, 0.25) is 0 Å². The normalized spacial score (nSPS) is 16.0. The summed E-state index contributed by atoms with van der Waals surface area (Å²) in [6.45, 7) is 30.6. The standard InChI is InChI=1S/C30H38BrN3S.C6H14/c1-7-27(31)17-12-22(3)32-24(5)29-28(18-21-35-29)33-23(4)25-13-15-26(16-14-25)30(6,8-2)34-19-10-9-11-20-34;1-5-6(2,3)4/h7,12-18,21,32-33H,3-5,8-11,19-20H2,1-2,6H3;5H2,1-4H3/b17-12-,27-7+;. The number of benzene rings is 1. The Morgan fingerprint density at radius 2 is 1.54 bits per heavy atom. The third-order valence-corrected chi connectivity index (χ3v) is 9.61. The summed E-state index contributed by atoms with van der Waals surface area (Å²) in [7, 11) is 0. The number of rotatable bonds is 11. The van der Waals surface area contributed by atoms with Crippen LogP contribution in [0.15, 0.2) is 83.9 Å². The minimum Gasteiger partial charge on any atom is -0.355 e. The Balaban J connectivity index is 0.000000883. The van der Waals surface area contributed by atoms with Crippen LogP contribution in [0.2, 0.25) is 0 Å². The molecule has 2 N–H and O–H groups in total. The Labute approximate surface area is 263 Å². The lowest BCUT2D eigenvalue weighted by atomic mass is 9.85. The van der Waals surface area contributed by atoms with Crippen molar-refractivity contribution >= 4 is 44.3 Å². The van der Waals surface area contributed by atoms with E-state index in [-0.39, 0.29) is 5.54 Å². The highest BCUT2D eigenvalue weighted by atomic mass is 79.9. The van der Waals surface area contributed by atoms with Crippen LogP contribution in [0.4, 0.5) is 5.69 Å². The third kappa shape index (κ3) is 10.8. The van der Waals surface area contributed by atoms with Gasteiger partial charge in [-0.1, -0.05) is 113 Å². The highest BCUT2D eigenvalue weighted by molar-refractivity contribution is 9.11. The molecule has 0 spiro atoms. The van der Waals surface area contributed by atoms with E-state index in [0.717, 1.165) is 44.1 Å². The second kappa shape index (κ2) is 16.3. The fourth-order valence-corrected chi connectivity index (χ4v) is 5.38. The molecule has 0 radical (unpaired) electrons. The van der Waals surface area contributed by atoms with Crippen molar-refractivity contribution in [2.45, 2.75) is 86.1 Å². The molecule has 0 saturated carbocycles. The lowest BCUT2D eigenvalue weighted by Crippen LogP contribution is -2.46. The number of allylic oxidation sites excluding steroid dienone is 4. The van der Waals surface area contributed by atoms with E-state index in [1.165, 1.54) is 44.3 Å². The molecule has 5 heteroatoms. The molecule has 1 unspecified atom stereocenters. The molecule has 3 rings (SSSR count). The number of nitrogens with zero attached hydrogens (tertiary/aromatic N) is 1. The van der Waals surface area contributed by atoms with Crippen LogP contribution in [0, 0.1) is 5.41 Å². The first-order chi connectivity index (χ1) is 19.3. The average Bonchev–Trinajstić information content (AvgIpc) is 3.44. The van der Waals surface area contributed by atoms with Crippen molar-refractivity contribution in [2.75, 3.05) is 18.4 Å². The Hall–Kier alpha value is -2.34. The molecule has 1 aromatic carbocycles. The number of anilines is 1. The molecule has 1 atom stereocenters. The number of hydrogen-bond donors (Lipinski definition) is 2. The summed E-state index contributed by atoms with van der Waals surface area (Å²) in [5.41, 5.74) is 6.52. The van der Waals surface area contributed by atoms with Crippen molar-refractivity contribution in [3.05, 3.63) is 99.9 Å². The maximum atomic E-state index is 4.31. The van der Waals surface area contributed by atoms with Gasteiger partial charge in [0.25, 0.3) is 0 Å². The highest BCUT2D eigenvalue weighted by Crippen LogP contribution is 2.35. The summed E-state index contributed by atoms with van der Waals surface area (Å²) in [5, 5.41) is 8.84. The molecular formula is C36H52BrN3S. The predicted molar refractivity (Wildman–Crippen MR) is 189 cm³/mol. The summed E-state index contributed by atoms with van der Waals surface area (Å²) < 4.78 is 1.00. The van der Waals surface area contributed by atoms with Crippen LogP contribution in [0.1, 0.15) is 96.6 Å². The van der Waals surface area contributed by atoms with Crippen molar-refractivity contribution in [1.82, 2.24) is 10.2 Å². The van der Waals surface area contributed by atoms with Gasteiger partial charge in [0.1, 0.15) is 0 Å². The molecule has 1 aliphatic rings. The SMILES string of the molecule is C=C(/C=C\C(Br)=C/C)NC(=C)c1sccc1NC(=C)c1ccc(C(C)(CC)N2CCCCC2)cc1.CCC(C)(C)C. The first kappa shape index (κ1) is 34.9. The van der Waals surface area contributed by atoms with E-state index in [1.54, 1.807) is 11.3 Å². The van der Waals surface area contributed by atoms with Crippen molar-refractivity contribution in [3.63, 3.8) is 0 Å². The molecule has 2 heterocycles. The Morgan fingerprint density at radius 3 is 2.07 bits per heavy atom. The predicted octanol–water partition coefficient (Wildman–Crippen LogP) is 11.3. The monoisotopic (exact) mass is 637 g/mol. The molecule has 2 aromatic rings. The minimum absolute atomic E-state index is 0.0804. The first-order valence-electron chi connectivity index (χ1n) is 14.9. The third-order valence-electron chi connectivity index (χ3n) is 7.91. The molecule has 41 heavy (non-hydrogen) atoms. The van der Waals surface area contributed by atoms with Crippen molar-refractivity contribution in [3.8, 4) is 0 Å². The number of piperidine rings is 1. The molecule has 1 aliphatic heterocycles.